The molecule has 1 N–H and O–H groups in total. The van der Waals surface area contributed by atoms with Crippen molar-refractivity contribution in [1.82, 2.24) is 9.47 Å². The highest BCUT2D eigenvalue weighted by Crippen LogP contribution is 2.20. The van der Waals surface area contributed by atoms with Gasteiger partial charge in [-0.3, -0.25) is 4.79 Å². The van der Waals surface area contributed by atoms with Gasteiger partial charge in [-0.2, -0.15) is 0 Å². The van der Waals surface area contributed by atoms with Gasteiger partial charge in [0.15, 0.2) is 0 Å². The molecule has 1 heterocycles. The van der Waals surface area contributed by atoms with Crippen LogP contribution in [0, 0.1) is 0 Å². The molecule has 7 heteroatoms. The van der Waals surface area contributed by atoms with E-state index in [1.807, 2.05) is 23.9 Å². The molecule has 0 atom stereocenters. The Balaban J connectivity index is 2.24. The van der Waals surface area contributed by atoms with E-state index < -0.39 is 5.97 Å². The lowest BCUT2D eigenvalue weighted by atomic mass is 10.1. The molecule has 23 heavy (non-hydrogen) atoms. The minimum atomic E-state index is -0.607. The maximum absolute atomic E-state index is 12.5. The summed E-state index contributed by atoms with van der Waals surface area (Å²) in [5.41, 5.74) is 1.30. The number of hydrogen-bond acceptors (Lipinski definition) is 4. The standard InChI is InChI=1S/C16H17BrN2O4/c1-18-8-12(17)7-13(18)9-19(2)15(21)10-4-11(16(22)23-3)6-14(20)5-10/h4-8,20H,9H2,1-3H3. The molecule has 0 unspecified atom stereocenters. The van der Waals surface area contributed by atoms with Gasteiger partial charge in [-0.25, -0.2) is 4.79 Å². The van der Waals surface area contributed by atoms with Crippen molar-refractivity contribution in [3.8, 4) is 5.75 Å². The lowest BCUT2D eigenvalue weighted by Gasteiger charge is -2.18. The summed E-state index contributed by atoms with van der Waals surface area (Å²) in [6, 6.07) is 5.92. The molecule has 1 amide bonds. The van der Waals surface area contributed by atoms with E-state index in [9.17, 15) is 14.7 Å². The number of benzene rings is 1. The third kappa shape index (κ3) is 3.92. The molecule has 0 aliphatic rings. The van der Waals surface area contributed by atoms with Crippen LogP contribution in [0.1, 0.15) is 26.4 Å². The monoisotopic (exact) mass is 380 g/mol. The molecule has 0 fully saturated rings. The van der Waals surface area contributed by atoms with Gasteiger partial charge in [0.2, 0.25) is 0 Å². The number of nitrogens with zero attached hydrogens (tertiary/aromatic N) is 2. The molecule has 6 nitrogen and oxygen atoms in total. The number of esters is 1. The summed E-state index contributed by atoms with van der Waals surface area (Å²) < 4.78 is 7.46. The smallest absolute Gasteiger partial charge is 0.338 e. The normalized spacial score (nSPS) is 10.4. The van der Waals surface area contributed by atoms with Crippen LogP contribution in [0.3, 0.4) is 0 Å². The van der Waals surface area contributed by atoms with Gasteiger partial charge in [0, 0.05) is 36.0 Å². The molecule has 1 aromatic heterocycles. The number of halogens is 1. The number of hydrogen-bond donors (Lipinski definition) is 1. The zero-order chi connectivity index (χ0) is 17.1. The Labute approximate surface area is 142 Å². The fourth-order valence-electron chi connectivity index (χ4n) is 2.23. The Morgan fingerprint density at radius 1 is 1.26 bits per heavy atom. The summed E-state index contributed by atoms with van der Waals surface area (Å²) in [6.07, 6.45) is 1.90. The molecular formula is C16H17BrN2O4. The molecule has 0 spiro atoms. The van der Waals surface area contributed by atoms with Crippen LogP contribution in [0.15, 0.2) is 34.9 Å². The summed E-state index contributed by atoms with van der Waals surface area (Å²) in [6.45, 7) is 0.393. The van der Waals surface area contributed by atoms with Crippen LogP contribution in [-0.4, -0.2) is 40.6 Å². The van der Waals surface area contributed by atoms with E-state index in [0.29, 0.717) is 6.54 Å². The first-order chi connectivity index (χ1) is 10.8. The van der Waals surface area contributed by atoms with E-state index in [1.165, 1.54) is 30.2 Å². The van der Waals surface area contributed by atoms with Gasteiger partial charge in [-0.1, -0.05) is 0 Å². The van der Waals surface area contributed by atoms with Crippen LogP contribution < -0.4 is 0 Å². The summed E-state index contributed by atoms with van der Waals surface area (Å²) in [7, 11) is 4.79. The predicted molar refractivity (Wildman–Crippen MR) is 88.4 cm³/mol. The van der Waals surface area contributed by atoms with Crippen molar-refractivity contribution in [2.75, 3.05) is 14.2 Å². The maximum Gasteiger partial charge on any atom is 0.338 e. The molecule has 0 aliphatic heterocycles. The number of amides is 1. The highest BCUT2D eigenvalue weighted by Gasteiger charge is 2.17. The molecule has 0 saturated carbocycles. The SMILES string of the molecule is COC(=O)c1cc(O)cc(C(=O)N(C)Cc2cc(Br)cn2C)c1. The minimum absolute atomic E-state index is 0.130. The number of carbonyl (C=O) groups is 2. The van der Waals surface area contributed by atoms with Crippen molar-refractivity contribution in [3.63, 3.8) is 0 Å². The average Bonchev–Trinajstić information content (AvgIpc) is 2.82. The second-order valence-corrected chi connectivity index (χ2v) is 6.10. The van der Waals surface area contributed by atoms with Gasteiger partial charge >= 0.3 is 5.97 Å². The van der Waals surface area contributed by atoms with Gasteiger partial charge in [-0.15, -0.1) is 0 Å². The second-order valence-electron chi connectivity index (χ2n) is 5.18. The number of phenols is 1. The molecule has 2 aromatic rings. The summed E-state index contributed by atoms with van der Waals surface area (Å²) >= 11 is 3.39. The number of aryl methyl sites for hydroxylation is 1. The van der Waals surface area contributed by atoms with E-state index in [4.69, 9.17) is 0 Å². The average molecular weight is 381 g/mol. The lowest BCUT2D eigenvalue weighted by molar-refractivity contribution is 0.0600. The Morgan fingerprint density at radius 2 is 1.91 bits per heavy atom. The minimum Gasteiger partial charge on any atom is -0.508 e. The number of methoxy groups -OCH3 is 1. The fourth-order valence-corrected chi connectivity index (χ4v) is 2.80. The van der Waals surface area contributed by atoms with Gasteiger partial charge in [0.25, 0.3) is 5.91 Å². The molecule has 2 rings (SSSR count). The number of phenolic OH excluding ortho intramolecular Hbond substituents is 1. The summed E-state index contributed by atoms with van der Waals surface area (Å²) in [5.74, 6) is -1.07. The number of aromatic hydroxyl groups is 1. The second kappa shape index (κ2) is 6.87. The topological polar surface area (TPSA) is 71.8 Å². The Hall–Kier alpha value is -2.28. The van der Waals surface area contributed by atoms with Crippen LogP contribution in [0.5, 0.6) is 5.75 Å². The van der Waals surface area contributed by atoms with Gasteiger partial charge in [0.1, 0.15) is 5.75 Å². The lowest BCUT2D eigenvalue weighted by Crippen LogP contribution is -2.27. The van der Waals surface area contributed by atoms with Crippen molar-refractivity contribution in [3.05, 3.63) is 51.8 Å². The summed E-state index contributed by atoms with van der Waals surface area (Å²) in [5, 5.41) is 9.72. The number of carbonyl (C=O) groups excluding carboxylic acids is 2. The molecule has 0 saturated heterocycles. The molecule has 0 radical (unpaired) electrons. The van der Waals surface area contributed by atoms with Crippen molar-refractivity contribution in [1.29, 1.82) is 0 Å². The number of rotatable bonds is 4. The van der Waals surface area contributed by atoms with Gasteiger partial charge < -0.3 is 19.3 Å². The van der Waals surface area contributed by atoms with Crippen molar-refractivity contribution >= 4 is 27.8 Å². The van der Waals surface area contributed by atoms with Gasteiger partial charge in [0.05, 0.1) is 19.2 Å². The Bertz CT molecular complexity index is 755. The highest BCUT2D eigenvalue weighted by molar-refractivity contribution is 9.10. The first-order valence-electron chi connectivity index (χ1n) is 6.80. The number of aromatic nitrogens is 1. The van der Waals surface area contributed by atoms with E-state index >= 15 is 0 Å². The van der Waals surface area contributed by atoms with Crippen molar-refractivity contribution in [2.24, 2.45) is 7.05 Å². The predicted octanol–water partition coefficient (Wildman–Crippen LogP) is 2.55. The first-order valence-corrected chi connectivity index (χ1v) is 7.59. The largest absolute Gasteiger partial charge is 0.508 e. The third-order valence-corrected chi connectivity index (χ3v) is 3.84. The number of ether oxygens (including phenoxy) is 1. The quantitative estimate of drug-likeness (QED) is 0.827. The van der Waals surface area contributed by atoms with E-state index in [1.54, 1.807) is 7.05 Å². The van der Waals surface area contributed by atoms with Crippen LogP contribution in [0.4, 0.5) is 0 Å². The first kappa shape index (κ1) is 17.1. The fraction of sp³-hybridized carbons (Fsp3) is 0.250. The van der Waals surface area contributed by atoms with Crippen LogP contribution in [-0.2, 0) is 18.3 Å². The zero-order valence-corrected chi connectivity index (χ0v) is 14.6. The molecule has 0 aliphatic carbocycles. The van der Waals surface area contributed by atoms with E-state index in [2.05, 4.69) is 20.7 Å². The van der Waals surface area contributed by atoms with Crippen LogP contribution in [0.25, 0.3) is 0 Å². The van der Waals surface area contributed by atoms with Crippen molar-refractivity contribution < 1.29 is 19.4 Å². The zero-order valence-electron chi connectivity index (χ0n) is 13.0. The van der Waals surface area contributed by atoms with Crippen LogP contribution in [0.2, 0.25) is 0 Å². The van der Waals surface area contributed by atoms with Gasteiger partial charge in [-0.05, 0) is 40.2 Å². The maximum atomic E-state index is 12.5. The Morgan fingerprint density at radius 3 is 2.48 bits per heavy atom. The highest BCUT2D eigenvalue weighted by atomic mass is 79.9. The van der Waals surface area contributed by atoms with E-state index in [0.717, 1.165) is 10.2 Å². The molecule has 1 aromatic carbocycles. The summed E-state index contributed by atoms with van der Waals surface area (Å²) in [4.78, 5) is 25.6. The van der Waals surface area contributed by atoms with Crippen LogP contribution >= 0.6 is 15.9 Å². The van der Waals surface area contributed by atoms with E-state index in [-0.39, 0.29) is 22.8 Å². The molecular weight excluding hydrogens is 364 g/mol. The van der Waals surface area contributed by atoms with Crippen molar-refractivity contribution in [2.45, 2.75) is 6.54 Å². The third-order valence-electron chi connectivity index (χ3n) is 3.41. The Kier molecular flexibility index (Phi) is 5.10. The molecule has 0 bridgehead atoms. The molecule has 122 valence electrons.